The van der Waals surface area contributed by atoms with Gasteiger partial charge in [-0.1, -0.05) is 5.21 Å². The predicted molar refractivity (Wildman–Crippen MR) is 74.6 cm³/mol. The minimum atomic E-state index is -0.410. The van der Waals surface area contributed by atoms with Gasteiger partial charge in [0.05, 0.1) is 23.9 Å². The summed E-state index contributed by atoms with van der Waals surface area (Å²) in [6.45, 7) is 1.09. The SMILES string of the molecule is Nc1cc(F)c(NCCn2ccnn2)c2ncccc12. The lowest BCUT2D eigenvalue weighted by molar-refractivity contribution is 0.602. The first-order valence-corrected chi connectivity index (χ1v) is 6.16. The molecule has 0 aliphatic rings. The molecule has 7 heteroatoms. The molecule has 0 fully saturated rings. The van der Waals surface area contributed by atoms with E-state index in [1.54, 1.807) is 29.3 Å². The molecule has 1 aromatic carbocycles. The van der Waals surface area contributed by atoms with Crippen LogP contribution in [0.4, 0.5) is 15.8 Å². The quantitative estimate of drug-likeness (QED) is 0.706. The number of anilines is 2. The molecule has 0 radical (unpaired) electrons. The molecule has 20 heavy (non-hydrogen) atoms. The van der Waals surface area contributed by atoms with E-state index in [1.807, 2.05) is 6.07 Å². The molecule has 6 nitrogen and oxygen atoms in total. The van der Waals surface area contributed by atoms with Crippen LogP contribution < -0.4 is 11.1 Å². The number of hydrogen-bond acceptors (Lipinski definition) is 5. The maximum absolute atomic E-state index is 14.0. The number of nitrogens with two attached hydrogens (primary N) is 1. The molecule has 3 N–H and O–H groups in total. The van der Waals surface area contributed by atoms with Crippen LogP contribution in [0.2, 0.25) is 0 Å². The average Bonchev–Trinajstić information content (AvgIpc) is 2.96. The first-order chi connectivity index (χ1) is 9.75. The summed E-state index contributed by atoms with van der Waals surface area (Å²) in [6.07, 6.45) is 4.96. The molecule has 0 bridgehead atoms. The molecule has 3 aromatic rings. The van der Waals surface area contributed by atoms with Crippen molar-refractivity contribution in [1.82, 2.24) is 20.0 Å². The summed E-state index contributed by atoms with van der Waals surface area (Å²) in [4.78, 5) is 4.20. The largest absolute Gasteiger partial charge is 0.398 e. The van der Waals surface area contributed by atoms with Gasteiger partial charge in [-0.15, -0.1) is 5.10 Å². The number of hydrogen-bond donors (Lipinski definition) is 2. The molecule has 0 aliphatic heterocycles. The highest BCUT2D eigenvalue weighted by atomic mass is 19.1. The van der Waals surface area contributed by atoms with Crippen molar-refractivity contribution in [2.24, 2.45) is 0 Å². The number of benzene rings is 1. The van der Waals surface area contributed by atoms with Crippen LogP contribution in [0.25, 0.3) is 10.9 Å². The van der Waals surface area contributed by atoms with Gasteiger partial charge in [0.2, 0.25) is 0 Å². The third kappa shape index (κ3) is 2.25. The Labute approximate surface area is 114 Å². The summed E-state index contributed by atoms with van der Waals surface area (Å²) >= 11 is 0. The lowest BCUT2D eigenvalue weighted by Crippen LogP contribution is -2.12. The van der Waals surface area contributed by atoms with Crippen LogP contribution >= 0.6 is 0 Å². The molecule has 0 unspecified atom stereocenters. The zero-order valence-corrected chi connectivity index (χ0v) is 10.6. The average molecular weight is 272 g/mol. The fraction of sp³-hybridized carbons (Fsp3) is 0.154. The van der Waals surface area contributed by atoms with Crippen molar-refractivity contribution >= 4 is 22.3 Å². The minimum absolute atomic E-state index is 0.356. The Balaban J connectivity index is 1.87. The molecule has 0 atom stereocenters. The molecule has 0 aliphatic carbocycles. The Morgan fingerprint density at radius 1 is 1.35 bits per heavy atom. The van der Waals surface area contributed by atoms with Crippen LogP contribution in [0.5, 0.6) is 0 Å². The second kappa shape index (κ2) is 5.12. The number of fused-ring (bicyclic) bond motifs is 1. The number of nitrogens with one attached hydrogen (secondary N) is 1. The standard InChI is InChI=1S/C13H13FN6/c14-10-8-11(15)9-2-1-3-16-12(9)13(10)17-4-6-20-7-5-18-19-20/h1-3,5,7-8,17H,4,6,15H2. The molecule has 2 heterocycles. The summed E-state index contributed by atoms with van der Waals surface area (Å²) in [5.41, 5.74) is 7.07. The fourth-order valence-corrected chi connectivity index (χ4v) is 2.05. The summed E-state index contributed by atoms with van der Waals surface area (Å²) in [5, 5.41) is 11.3. The van der Waals surface area contributed by atoms with E-state index >= 15 is 0 Å². The Hall–Kier alpha value is -2.70. The van der Waals surface area contributed by atoms with Gasteiger partial charge in [0, 0.05) is 30.0 Å². The van der Waals surface area contributed by atoms with E-state index < -0.39 is 5.82 Å². The number of nitrogens with zero attached hydrogens (tertiary/aromatic N) is 4. The second-order valence-corrected chi connectivity index (χ2v) is 4.32. The monoisotopic (exact) mass is 272 g/mol. The van der Waals surface area contributed by atoms with Gasteiger partial charge in [-0.3, -0.25) is 9.67 Å². The van der Waals surface area contributed by atoms with Gasteiger partial charge >= 0.3 is 0 Å². The lowest BCUT2D eigenvalue weighted by Gasteiger charge is -2.11. The summed E-state index contributed by atoms with van der Waals surface area (Å²) in [6, 6.07) is 4.90. The molecule has 102 valence electrons. The van der Waals surface area contributed by atoms with Crippen molar-refractivity contribution in [3.05, 3.63) is 42.6 Å². The van der Waals surface area contributed by atoms with E-state index in [4.69, 9.17) is 5.73 Å². The van der Waals surface area contributed by atoms with Gasteiger partial charge in [0.1, 0.15) is 0 Å². The number of pyridine rings is 1. The zero-order valence-electron chi connectivity index (χ0n) is 10.6. The van der Waals surface area contributed by atoms with E-state index in [0.717, 1.165) is 5.39 Å². The number of halogens is 1. The third-order valence-electron chi connectivity index (χ3n) is 2.99. The minimum Gasteiger partial charge on any atom is -0.398 e. The van der Waals surface area contributed by atoms with Crippen LogP contribution in [0.15, 0.2) is 36.8 Å². The van der Waals surface area contributed by atoms with Gasteiger partial charge in [-0.05, 0) is 18.2 Å². The number of nitrogen functional groups attached to an aromatic ring is 1. The molecule has 2 aromatic heterocycles. The highest BCUT2D eigenvalue weighted by Crippen LogP contribution is 2.29. The third-order valence-corrected chi connectivity index (χ3v) is 2.99. The van der Waals surface area contributed by atoms with Gasteiger partial charge in [-0.2, -0.15) is 0 Å². The van der Waals surface area contributed by atoms with Crippen LogP contribution in [0.3, 0.4) is 0 Å². The van der Waals surface area contributed by atoms with E-state index in [1.165, 1.54) is 6.07 Å². The summed E-state index contributed by atoms with van der Waals surface area (Å²) in [5.74, 6) is -0.410. The van der Waals surface area contributed by atoms with E-state index in [2.05, 4.69) is 20.6 Å². The van der Waals surface area contributed by atoms with Crippen LogP contribution in [-0.2, 0) is 6.54 Å². The van der Waals surface area contributed by atoms with Gasteiger partial charge in [-0.25, -0.2) is 4.39 Å². The van der Waals surface area contributed by atoms with Crippen molar-refractivity contribution < 1.29 is 4.39 Å². The summed E-state index contributed by atoms with van der Waals surface area (Å²) < 4.78 is 15.7. The highest BCUT2D eigenvalue weighted by molar-refractivity contribution is 5.98. The molecular weight excluding hydrogens is 259 g/mol. The fourth-order valence-electron chi connectivity index (χ4n) is 2.05. The maximum Gasteiger partial charge on any atom is 0.150 e. The van der Waals surface area contributed by atoms with Gasteiger partial charge in [0.15, 0.2) is 5.82 Å². The van der Waals surface area contributed by atoms with Gasteiger partial charge in [0.25, 0.3) is 0 Å². The maximum atomic E-state index is 14.0. The second-order valence-electron chi connectivity index (χ2n) is 4.32. The van der Waals surface area contributed by atoms with Gasteiger partial charge < -0.3 is 11.1 Å². The Kier molecular flexibility index (Phi) is 3.16. The van der Waals surface area contributed by atoms with Crippen molar-refractivity contribution in [3.63, 3.8) is 0 Å². The highest BCUT2D eigenvalue weighted by Gasteiger charge is 2.11. The van der Waals surface area contributed by atoms with Crippen molar-refractivity contribution in [3.8, 4) is 0 Å². The smallest absolute Gasteiger partial charge is 0.150 e. The van der Waals surface area contributed by atoms with Crippen molar-refractivity contribution in [2.75, 3.05) is 17.6 Å². The van der Waals surface area contributed by atoms with E-state index in [0.29, 0.717) is 30.0 Å². The first kappa shape index (κ1) is 12.3. The predicted octanol–water partition coefficient (Wildman–Crippen LogP) is 1.66. The van der Waals surface area contributed by atoms with Crippen LogP contribution in [-0.4, -0.2) is 26.5 Å². The van der Waals surface area contributed by atoms with Crippen LogP contribution in [0, 0.1) is 5.82 Å². The van der Waals surface area contributed by atoms with E-state index in [-0.39, 0.29) is 0 Å². The molecule has 0 spiro atoms. The Morgan fingerprint density at radius 2 is 2.25 bits per heavy atom. The molecule has 0 saturated heterocycles. The number of rotatable bonds is 4. The van der Waals surface area contributed by atoms with Crippen molar-refractivity contribution in [1.29, 1.82) is 0 Å². The van der Waals surface area contributed by atoms with Crippen molar-refractivity contribution in [2.45, 2.75) is 6.54 Å². The normalized spacial score (nSPS) is 10.8. The summed E-state index contributed by atoms with van der Waals surface area (Å²) in [7, 11) is 0. The van der Waals surface area contributed by atoms with E-state index in [9.17, 15) is 4.39 Å². The Morgan fingerprint density at radius 3 is 3.05 bits per heavy atom. The lowest BCUT2D eigenvalue weighted by atomic mass is 10.1. The molecule has 0 amide bonds. The first-order valence-electron chi connectivity index (χ1n) is 6.16. The zero-order chi connectivity index (χ0) is 13.9. The number of aromatic nitrogens is 4. The molecule has 3 rings (SSSR count). The topological polar surface area (TPSA) is 81.6 Å². The molecular formula is C13H13FN6. The van der Waals surface area contributed by atoms with Crippen LogP contribution in [0.1, 0.15) is 0 Å². The molecule has 0 saturated carbocycles. The Bertz CT molecular complexity index is 725.